The maximum atomic E-state index is 13.3. The van der Waals surface area contributed by atoms with Gasteiger partial charge in [-0.1, -0.05) is 0 Å². The topological polar surface area (TPSA) is 44.5 Å². The van der Waals surface area contributed by atoms with Crippen LogP contribution < -0.4 is 15.2 Å². The SMILES string of the molecule is COc1ccc(F)c(OC)c1C(C)N. The summed E-state index contributed by atoms with van der Waals surface area (Å²) in [5, 5.41) is 0. The van der Waals surface area contributed by atoms with Crippen LogP contribution in [0.4, 0.5) is 4.39 Å². The maximum Gasteiger partial charge on any atom is 0.165 e. The summed E-state index contributed by atoms with van der Waals surface area (Å²) in [5.41, 5.74) is 6.26. The molecule has 0 amide bonds. The molecule has 0 saturated carbocycles. The summed E-state index contributed by atoms with van der Waals surface area (Å²) in [6.45, 7) is 1.75. The molecule has 0 aliphatic carbocycles. The van der Waals surface area contributed by atoms with Gasteiger partial charge in [0.1, 0.15) is 5.75 Å². The Bertz CT molecular complexity index is 326. The molecule has 0 bridgehead atoms. The molecule has 78 valence electrons. The van der Waals surface area contributed by atoms with Crippen LogP contribution in [0.5, 0.6) is 11.5 Å². The van der Waals surface area contributed by atoms with Gasteiger partial charge in [0.15, 0.2) is 11.6 Å². The van der Waals surface area contributed by atoms with Gasteiger partial charge in [0.2, 0.25) is 0 Å². The number of hydrogen-bond donors (Lipinski definition) is 1. The van der Waals surface area contributed by atoms with Gasteiger partial charge in [-0.15, -0.1) is 0 Å². The summed E-state index contributed by atoms with van der Waals surface area (Å²) in [5.74, 6) is 0.262. The van der Waals surface area contributed by atoms with Crippen molar-refractivity contribution in [3.05, 3.63) is 23.5 Å². The van der Waals surface area contributed by atoms with E-state index in [1.807, 2.05) is 0 Å². The molecule has 0 heterocycles. The Hall–Kier alpha value is -1.29. The van der Waals surface area contributed by atoms with Gasteiger partial charge in [0.05, 0.1) is 19.8 Å². The highest BCUT2D eigenvalue weighted by Gasteiger charge is 2.17. The van der Waals surface area contributed by atoms with E-state index in [0.29, 0.717) is 11.3 Å². The third-order valence-corrected chi connectivity index (χ3v) is 1.99. The number of halogens is 1. The second kappa shape index (κ2) is 4.28. The minimum Gasteiger partial charge on any atom is -0.496 e. The van der Waals surface area contributed by atoms with E-state index in [1.54, 1.807) is 6.92 Å². The average Bonchev–Trinajstić information content (AvgIpc) is 2.17. The van der Waals surface area contributed by atoms with E-state index in [4.69, 9.17) is 15.2 Å². The van der Waals surface area contributed by atoms with Gasteiger partial charge < -0.3 is 15.2 Å². The van der Waals surface area contributed by atoms with Gasteiger partial charge in [-0.05, 0) is 19.1 Å². The number of nitrogens with two attached hydrogens (primary N) is 1. The van der Waals surface area contributed by atoms with Crippen LogP contribution in [0.25, 0.3) is 0 Å². The summed E-state index contributed by atoms with van der Waals surface area (Å²) in [6.07, 6.45) is 0. The first-order chi connectivity index (χ1) is 6.61. The fourth-order valence-corrected chi connectivity index (χ4v) is 1.37. The first kappa shape index (κ1) is 10.8. The molecular formula is C10H14FNO2. The summed E-state index contributed by atoms with van der Waals surface area (Å²) in [7, 11) is 2.92. The van der Waals surface area contributed by atoms with E-state index < -0.39 is 5.82 Å². The highest BCUT2D eigenvalue weighted by atomic mass is 19.1. The van der Waals surface area contributed by atoms with E-state index >= 15 is 0 Å². The molecule has 0 spiro atoms. The predicted molar refractivity (Wildman–Crippen MR) is 52.1 cm³/mol. The van der Waals surface area contributed by atoms with E-state index in [0.717, 1.165) is 0 Å². The molecule has 0 fully saturated rings. The zero-order valence-electron chi connectivity index (χ0n) is 8.50. The third-order valence-electron chi connectivity index (χ3n) is 1.99. The quantitative estimate of drug-likeness (QED) is 0.808. The lowest BCUT2D eigenvalue weighted by molar-refractivity contribution is 0.361. The summed E-state index contributed by atoms with van der Waals surface area (Å²) in [6, 6.07) is 2.50. The minimum absolute atomic E-state index is 0.152. The van der Waals surface area contributed by atoms with Crippen molar-refractivity contribution in [1.82, 2.24) is 0 Å². The predicted octanol–water partition coefficient (Wildman–Crippen LogP) is 1.86. The van der Waals surface area contributed by atoms with Crippen molar-refractivity contribution in [1.29, 1.82) is 0 Å². The zero-order valence-corrected chi connectivity index (χ0v) is 8.50. The molecule has 3 nitrogen and oxygen atoms in total. The van der Waals surface area contributed by atoms with Crippen LogP contribution in [0.15, 0.2) is 12.1 Å². The van der Waals surface area contributed by atoms with Crippen LogP contribution in [0, 0.1) is 5.82 Å². The van der Waals surface area contributed by atoms with Crippen molar-refractivity contribution in [2.45, 2.75) is 13.0 Å². The first-order valence-corrected chi connectivity index (χ1v) is 4.27. The molecule has 1 rings (SSSR count). The highest BCUT2D eigenvalue weighted by Crippen LogP contribution is 2.34. The summed E-state index contributed by atoms with van der Waals surface area (Å²) < 4.78 is 23.3. The largest absolute Gasteiger partial charge is 0.496 e. The number of methoxy groups -OCH3 is 2. The van der Waals surface area contributed by atoms with Crippen LogP contribution in [-0.4, -0.2) is 14.2 Å². The highest BCUT2D eigenvalue weighted by molar-refractivity contribution is 5.47. The van der Waals surface area contributed by atoms with Crippen LogP contribution in [0.2, 0.25) is 0 Å². The van der Waals surface area contributed by atoms with Crippen molar-refractivity contribution in [2.24, 2.45) is 5.73 Å². The Morgan fingerprint density at radius 1 is 1.29 bits per heavy atom. The smallest absolute Gasteiger partial charge is 0.165 e. The van der Waals surface area contributed by atoms with Crippen molar-refractivity contribution < 1.29 is 13.9 Å². The van der Waals surface area contributed by atoms with Crippen LogP contribution in [-0.2, 0) is 0 Å². The lowest BCUT2D eigenvalue weighted by Crippen LogP contribution is -2.10. The molecular weight excluding hydrogens is 185 g/mol. The van der Waals surface area contributed by atoms with E-state index in [1.165, 1.54) is 26.4 Å². The standard InChI is InChI=1S/C10H14FNO2/c1-6(12)9-8(13-2)5-4-7(11)10(9)14-3/h4-6H,12H2,1-3H3. The van der Waals surface area contributed by atoms with E-state index in [-0.39, 0.29) is 11.8 Å². The number of rotatable bonds is 3. The Labute approximate surface area is 82.6 Å². The second-order valence-corrected chi connectivity index (χ2v) is 2.99. The molecule has 0 aromatic heterocycles. The third kappa shape index (κ3) is 1.80. The van der Waals surface area contributed by atoms with Gasteiger partial charge in [0.25, 0.3) is 0 Å². The minimum atomic E-state index is -0.430. The van der Waals surface area contributed by atoms with E-state index in [2.05, 4.69) is 0 Å². The molecule has 0 radical (unpaired) electrons. The number of benzene rings is 1. The van der Waals surface area contributed by atoms with Gasteiger partial charge in [0, 0.05) is 6.04 Å². The average molecular weight is 199 g/mol. The molecule has 1 unspecified atom stereocenters. The Kier molecular flexibility index (Phi) is 3.30. The lowest BCUT2D eigenvalue weighted by atomic mass is 10.1. The summed E-state index contributed by atoms with van der Waals surface area (Å²) in [4.78, 5) is 0. The fraction of sp³-hybridized carbons (Fsp3) is 0.400. The van der Waals surface area contributed by atoms with Crippen LogP contribution >= 0.6 is 0 Å². The van der Waals surface area contributed by atoms with Crippen molar-refractivity contribution in [3.63, 3.8) is 0 Å². The van der Waals surface area contributed by atoms with Gasteiger partial charge in [-0.3, -0.25) is 0 Å². The Balaban J connectivity index is 3.36. The monoisotopic (exact) mass is 199 g/mol. The molecule has 1 aromatic carbocycles. The van der Waals surface area contributed by atoms with Crippen molar-refractivity contribution in [3.8, 4) is 11.5 Å². The first-order valence-electron chi connectivity index (χ1n) is 4.27. The van der Waals surface area contributed by atoms with Crippen molar-refractivity contribution >= 4 is 0 Å². The molecule has 1 atom stereocenters. The molecule has 14 heavy (non-hydrogen) atoms. The molecule has 0 saturated heterocycles. The van der Waals surface area contributed by atoms with Gasteiger partial charge in [-0.25, -0.2) is 4.39 Å². The Morgan fingerprint density at radius 3 is 2.36 bits per heavy atom. The molecule has 0 aliphatic rings. The number of hydrogen-bond acceptors (Lipinski definition) is 3. The molecule has 1 aromatic rings. The fourth-order valence-electron chi connectivity index (χ4n) is 1.37. The van der Waals surface area contributed by atoms with Crippen LogP contribution in [0.1, 0.15) is 18.5 Å². The van der Waals surface area contributed by atoms with Gasteiger partial charge in [-0.2, -0.15) is 0 Å². The maximum absolute atomic E-state index is 13.3. The lowest BCUT2D eigenvalue weighted by Gasteiger charge is -2.16. The Morgan fingerprint density at radius 2 is 1.93 bits per heavy atom. The molecule has 2 N–H and O–H groups in total. The van der Waals surface area contributed by atoms with Crippen molar-refractivity contribution in [2.75, 3.05) is 14.2 Å². The molecule has 0 aliphatic heterocycles. The van der Waals surface area contributed by atoms with Gasteiger partial charge >= 0.3 is 0 Å². The second-order valence-electron chi connectivity index (χ2n) is 2.99. The normalized spacial score (nSPS) is 12.4. The molecule has 4 heteroatoms. The van der Waals surface area contributed by atoms with Crippen LogP contribution in [0.3, 0.4) is 0 Å². The zero-order chi connectivity index (χ0) is 10.7. The van der Waals surface area contributed by atoms with E-state index in [9.17, 15) is 4.39 Å². The summed E-state index contributed by atoms with van der Waals surface area (Å²) >= 11 is 0. The number of ether oxygens (including phenoxy) is 2.